The summed E-state index contributed by atoms with van der Waals surface area (Å²) < 4.78 is 26.2. The van der Waals surface area contributed by atoms with Crippen molar-refractivity contribution in [3.8, 4) is 0 Å². The molecule has 1 amide bonds. The summed E-state index contributed by atoms with van der Waals surface area (Å²) in [6.07, 6.45) is 3.58. The van der Waals surface area contributed by atoms with Crippen LogP contribution in [-0.2, 0) is 14.8 Å². The van der Waals surface area contributed by atoms with Crippen molar-refractivity contribution in [3.63, 3.8) is 0 Å². The van der Waals surface area contributed by atoms with E-state index in [0.717, 1.165) is 25.7 Å². The van der Waals surface area contributed by atoms with Crippen molar-refractivity contribution in [2.75, 3.05) is 12.4 Å². The lowest BCUT2D eigenvalue weighted by Crippen LogP contribution is -2.41. The number of carbonyl (C=O) groups is 1. The minimum Gasteiger partial charge on any atom is -0.327 e. The SMILES string of the molecule is CNS(=O)(=O)c1ccccc1NC(=O)C1CCCCC1N. The van der Waals surface area contributed by atoms with Crippen molar-refractivity contribution in [3.05, 3.63) is 24.3 Å². The van der Waals surface area contributed by atoms with Crippen LogP contribution in [-0.4, -0.2) is 27.4 Å². The van der Waals surface area contributed by atoms with Gasteiger partial charge in [0.25, 0.3) is 0 Å². The second-order valence-electron chi connectivity index (χ2n) is 5.25. The highest BCUT2D eigenvalue weighted by Crippen LogP contribution is 2.26. The van der Waals surface area contributed by atoms with Crippen LogP contribution in [0, 0.1) is 5.92 Å². The van der Waals surface area contributed by atoms with Crippen LogP contribution in [0.3, 0.4) is 0 Å². The Morgan fingerprint density at radius 3 is 2.57 bits per heavy atom. The van der Waals surface area contributed by atoms with Gasteiger partial charge in [0.1, 0.15) is 4.90 Å². The molecule has 1 fully saturated rings. The van der Waals surface area contributed by atoms with Crippen molar-refractivity contribution in [1.29, 1.82) is 0 Å². The summed E-state index contributed by atoms with van der Waals surface area (Å²) in [7, 11) is -2.28. The third kappa shape index (κ3) is 3.61. The molecule has 0 aromatic heterocycles. The second kappa shape index (κ2) is 6.55. The van der Waals surface area contributed by atoms with Crippen molar-refractivity contribution in [2.45, 2.75) is 36.6 Å². The molecule has 7 heteroatoms. The number of anilines is 1. The fraction of sp³-hybridized carbons (Fsp3) is 0.500. The zero-order valence-corrected chi connectivity index (χ0v) is 12.8. The normalized spacial score (nSPS) is 22.8. The van der Waals surface area contributed by atoms with Gasteiger partial charge in [-0.25, -0.2) is 13.1 Å². The molecule has 1 saturated carbocycles. The van der Waals surface area contributed by atoms with E-state index in [1.165, 1.54) is 13.1 Å². The van der Waals surface area contributed by atoms with E-state index >= 15 is 0 Å². The van der Waals surface area contributed by atoms with Crippen molar-refractivity contribution in [2.24, 2.45) is 11.7 Å². The Hall–Kier alpha value is -1.44. The summed E-state index contributed by atoms with van der Waals surface area (Å²) in [5, 5.41) is 2.71. The molecule has 2 rings (SSSR count). The van der Waals surface area contributed by atoms with Crippen molar-refractivity contribution in [1.82, 2.24) is 4.72 Å². The van der Waals surface area contributed by atoms with Gasteiger partial charge in [0, 0.05) is 6.04 Å². The first-order valence-corrected chi connectivity index (χ1v) is 8.53. The van der Waals surface area contributed by atoms with Crippen molar-refractivity contribution >= 4 is 21.6 Å². The predicted molar refractivity (Wildman–Crippen MR) is 81.3 cm³/mol. The maximum Gasteiger partial charge on any atom is 0.242 e. The van der Waals surface area contributed by atoms with Crippen LogP contribution in [0.25, 0.3) is 0 Å². The smallest absolute Gasteiger partial charge is 0.242 e. The van der Waals surface area contributed by atoms with Gasteiger partial charge in [-0.2, -0.15) is 0 Å². The van der Waals surface area contributed by atoms with Crippen LogP contribution in [0.2, 0.25) is 0 Å². The van der Waals surface area contributed by atoms with Gasteiger partial charge in [0.15, 0.2) is 0 Å². The molecule has 0 aliphatic heterocycles. The number of benzene rings is 1. The average Bonchev–Trinajstić information content (AvgIpc) is 2.48. The van der Waals surface area contributed by atoms with E-state index in [2.05, 4.69) is 10.0 Å². The van der Waals surface area contributed by atoms with Gasteiger partial charge in [-0.05, 0) is 32.0 Å². The fourth-order valence-electron chi connectivity index (χ4n) is 2.62. The number of sulfonamides is 1. The van der Waals surface area contributed by atoms with E-state index < -0.39 is 10.0 Å². The van der Waals surface area contributed by atoms with E-state index in [1.807, 2.05) is 0 Å². The molecule has 0 bridgehead atoms. The first kappa shape index (κ1) is 15.9. The molecule has 2 atom stereocenters. The molecule has 116 valence electrons. The molecule has 0 radical (unpaired) electrons. The maximum absolute atomic E-state index is 12.3. The summed E-state index contributed by atoms with van der Waals surface area (Å²) in [6.45, 7) is 0. The topological polar surface area (TPSA) is 101 Å². The van der Waals surface area contributed by atoms with Gasteiger partial charge in [-0.3, -0.25) is 4.79 Å². The van der Waals surface area contributed by atoms with Crippen LogP contribution in [0.5, 0.6) is 0 Å². The summed E-state index contributed by atoms with van der Waals surface area (Å²) in [6, 6.07) is 6.18. The van der Waals surface area contributed by atoms with Gasteiger partial charge < -0.3 is 11.1 Å². The minimum absolute atomic E-state index is 0.0604. The highest BCUT2D eigenvalue weighted by atomic mass is 32.2. The van der Waals surface area contributed by atoms with Crippen LogP contribution in [0.4, 0.5) is 5.69 Å². The quantitative estimate of drug-likeness (QED) is 0.773. The fourth-order valence-corrected chi connectivity index (χ4v) is 3.51. The second-order valence-corrected chi connectivity index (χ2v) is 7.10. The number of hydrogen-bond acceptors (Lipinski definition) is 4. The molecule has 4 N–H and O–H groups in total. The summed E-state index contributed by atoms with van der Waals surface area (Å²) in [5.74, 6) is -0.468. The summed E-state index contributed by atoms with van der Waals surface area (Å²) in [5.41, 5.74) is 6.28. The molecular weight excluding hydrogens is 290 g/mol. The molecule has 6 nitrogen and oxygen atoms in total. The Balaban J connectivity index is 2.22. The van der Waals surface area contributed by atoms with Gasteiger partial charge in [0.2, 0.25) is 15.9 Å². The molecule has 1 aromatic rings. The average molecular weight is 311 g/mol. The Morgan fingerprint density at radius 2 is 1.90 bits per heavy atom. The molecular formula is C14H21N3O3S. The first-order valence-electron chi connectivity index (χ1n) is 7.04. The number of hydrogen-bond donors (Lipinski definition) is 3. The Labute approximate surface area is 125 Å². The Bertz CT molecular complexity index is 616. The molecule has 21 heavy (non-hydrogen) atoms. The minimum atomic E-state index is -3.61. The van der Waals surface area contributed by atoms with E-state index in [4.69, 9.17) is 5.73 Å². The van der Waals surface area contributed by atoms with Gasteiger partial charge in [-0.15, -0.1) is 0 Å². The summed E-state index contributed by atoms with van der Waals surface area (Å²) in [4.78, 5) is 12.4. The zero-order valence-electron chi connectivity index (χ0n) is 12.0. The molecule has 1 aliphatic carbocycles. The predicted octanol–water partition coefficient (Wildman–Crippen LogP) is 1.05. The Morgan fingerprint density at radius 1 is 1.24 bits per heavy atom. The lowest BCUT2D eigenvalue weighted by Gasteiger charge is -2.27. The Kier molecular flexibility index (Phi) is 4.97. The van der Waals surface area contributed by atoms with E-state index in [0.29, 0.717) is 0 Å². The number of nitrogens with one attached hydrogen (secondary N) is 2. The standard InChI is InChI=1S/C14H21N3O3S/c1-16-21(19,20)13-9-5-4-8-12(13)17-14(18)10-6-2-3-7-11(10)15/h4-5,8-11,16H,2-3,6-7,15H2,1H3,(H,17,18). The van der Waals surface area contributed by atoms with E-state index in [1.54, 1.807) is 18.2 Å². The van der Waals surface area contributed by atoms with Gasteiger partial charge in [0.05, 0.1) is 11.6 Å². The number of rotatable bonds is 4. The van der Waals surface area contributed by atoms with E-state index in [9.17, 15) is 13.2 Å². The lowest BCUT2D eigenvalue weighted by atomic mass is 9.84. The highest BCUT2D eigenvalue weighted by molar-refractivity contribution is 7.89. The number of carbonyl (C=O) groups excluding carboxylic acids is 1. The van der Waals surface area contributed by atoms with Crippen LogP contribution in [0.1, 0.15) is 25.7 Å². The third-order valence-corrected chi connectivity index (χ3v) is 5.33. The number of amides is 1. The molecule has 0 saturated heterocycles. The van der Waals surface area contributed by atoms with Crippen molar-refractivity contribution < 1.29 is 13.2 Å². The highest BCUT2D eigenvalue weighted by Gasteiger charge is 2.29. The molecule has 0 spiro atoms. The first-order chi connectivity index (χ1) is 9.95. The summed E-state index contributed by atoms with van der Waals surface area (Å²) >= 11 is 0. The van der Waals surface area contributed by atoms with Gasteiger partial charge >= 0.3 is 0 Å². The van der Waals surface area contributed by atoms with Crippen LogP contribution < -0.4 is 15.8 Å². The van der Waals surface area contributed by atoms with Crippen LogP contribution in [0.15, 0.2) is 29.2 Å². The van der Waals surface area contributed by atoms with Crippen LogP contribution >= 0.6 is 0 Å². The molecule has 0 heterocycles. The number of nitrogens with two attached hydrogens (primary N) is 1. The van der Waals surface area contributed by atoms with E-state index in [-0.39, 0.29) is 28.4 Å². The molecule has 1 aromatic carbocycles. The lowest BCUT2D eigenvalue weighted by molar-refractivity contribution is -0.121. The molecule has 1 aliphatic rings. The largest absolute Gasteiger partial charge is 0.327 e. The monoisotopic (exact) mass is 311 g/mol. The number of para-hydroxylation sites is 1. The third-order valence-electron chi connectivity index (χ3n) is 3.86. The molecule has 2 unspecified atom stereocenters. The maximum atomic E-state index is 12.3. The zero-order chi connectivity index (χ0) is 15.5. The van der Waals surface area contributed by atoms with Gasteiger partial charge in [-0.1, -0.05) is 25.0 Å².